The number of nitrogens with zero attached hydrogens (tertiary/aromatic N) is 4. The van der Waals surface area contributed by atoms with Crippen molar-refractivity contribution in [2.24, 2.45) is 0 Å². The molecule has 1 amide bonds. The molecule has 202 valence electrons. The molecular weight excluding hydrogens is 488 g/mol. The van der Waals surface area contributed by atoms with Gasteiger partial charge in [0.15, 0.2) is 23.0 Å². The van der Waals surface area contributed by atoms with Crippen LogP contribution in [0.2, 0.25) is 0 Å². The van der Waals surface area contributed by atoms with Gasteiger partial charge in [-0.25, -0.2) is 4.98 Å². The van der Waals surface area contributed by atoms with Crippen LogP contribution < -0.4 is 29.4 Å². The van der Waals surface area contributed by atoms with Gasteiger partial charge in [-0.3, -0.25) is 14.2 Å². The van der Waals surface area contributed by atoms with E-state index in [1.54, 1.807) is 34.9 Å². The molecule has 0 bridgehead atoms. The first-order valence-corrected chi connectivity index (χ1v) is 13.3. The lowest BCUT2D eigenvalue weighted by Gasteiger charge is -2.36. The molecule has 0 saturated carbocycles. The zero-order valence-corrected chi connectivity index (χ0v) is 22.2. The number of carbonyl (C=O) groups excluding carboxylic acids is 1. The van der Waals surface area contributed by atoms with Gasteiger partial charge in [0, 0.05) is 44.4 Å². The van der Waals surface area contributed by atoms with Crippen molar-refractivity contribution in [1.82, 2.24) is 14.5 Å². The number of anilines is 1. The van der Waals surface area contributed by atoms with Gasteiger partial charge in [0.1, 0.15) is 13.2 Å². The second-order valence-electron chi connectivity index (χ2n) is 9.19. The van der Waals surface area contributed by atoms with E-state index >= 15 is 0 Å². The van der Waals surface area contributed by atoms with Crippen LogP contribution in [0.3, 0.4) is 0 Å². The maximum Gasteiger partial charge on any atom is 0.262 e. The van der Waals surface area contributed by atoms with Crippen LogP contribution in [0.1, 0.15) is 37.6 Å². The van der Waals surface area contributed by atoms with Crippen LogP contribution in [0.5, 0.6) is 23.0 Å². The smallest absolute Gasteiger partial charge is 0.262 e. The fraction of sp³-hybridized carbons (Fsp3) is 0.464. The Morgan fingerprint density at radius 2 is 1.61 bits per heavy atom. The predicted octanol–water partition coefficient (Wildman–Crippen LogP) is 3.34. The van der Waals surface area contributed by atoms with Gasteiger partial charge in [-0.15, -0.1) is 0 Å². The number of carbonyl (C=O) groups is 1. The Labute approximate surface area is 221 Å². The van der Waals surface area contributed by atoms with Crippen LogP contribution >= 0.6 is 0 Å². The first-order chi connectivity index (χ1) is 18.5. The maximum absolute atomic E-state index is 13.5. The second-order valence-corrected chi connectivity index (χ2v) is 9.19. The molecule has 0 atom stereocenters. The summed E-state index contributed by atoms with van der Waals surface area (Å²) in [7, 11) is 0. The standard InChI is InChI=1S/C28H34N4O6/c1-4-9-32-27(34)20-17-24-25(38-15-14-37-24)18-21(20)29-28(32)31-12-10-30(11-13-31)26(33)19-7-8-22(35-5-2)23(16-19)36-6-3/h7-8,16-18H,4-6,9-15H2,1-3H3. The molecule has 0 aliphatic carbocycles. The fourth-order valence-corrected chi connectivity index (χ4v) is 4.89. The number of benzene rings is 2. The first-order valence-electron chi connectivity index (χ1n) is 13.3. The molecule has 10 heteroatoms. The van der Waals surface area contributed by atoms with E-state index in [1.165, 1.54) is 0 Å². The Morgan fingerprint density at radius 1 is 0.921 bits per heavy atom. The van der Waals surface area contributed by atoms with E-state index < -0.39 is 0 Å². The van der Waals surface area contributed by atoms with E-state index in [0.717, 1.165) is 6.42 Å². The van der Waals surface area contributed by atoms with Crippen LogP contribution in [-0.2, 0) is 6.54 Å². The van der Waals surface area contributed by atoms with Gasteiger partial charge in [0.2, 0.25) is 5.95 Å². The Balaban J connectivity index is 1.38. The topological polar surface area (TPSA) is 95.4 Å². The molecule has 2 aliphatic rings. The lowest BCUT2D eigenvalue weighted by atomic mass is 10.1. The average Bonchev–Trinajstić information content (AvgIpc) is 2.94. The van der Waals surface area contributed by atoms with Gasteiger partial charge in [-0.1, -0.05) is 6.92 Å². The number of rotatable bonds is 8. The van der Waals surface area contributed by atoms with Crippen LogP contribution in [-0.4, -0.2) is 73.0 Å². The third kappa shape index (κ3) is 4.94. The van der Waals surface area contributed by atoms with E-state index in [9.17, 15) is 9.59 Å². The van der Waals surface area contributed by atoms with E-state index in [-0.39, 0.29) is 11.5 Å². The Hall–Kier alpha value is -3.95. The van der Waals surface area contributed by atoms with E-state index in [1.807, 2.05) is 25.7 Å². The van der Waals surface area contributed by atoms with Crippen molar-refractivity contribution in [3.8, 4) is 23.0 Å². The highest BCUT2D eigenvalue weighted by molar-refractivity contribution is 5.95. The summed E-state index contributed by atoms with van der Waals surface area (Å²) < 4.78 is 24.5. The minimum atomic E-state index is -0.0971. The summed E-state index contributed by atoms with van der Waals surface area (Å²) >= 11 is 0. The maximum atomic E-state index is 13.5. The van der Waals surface area contributed by atoms with Crippen molar-refractivity contribution in [3.63, 3.8) is 0 Å². The van der Waals surface area contributed by atoms with Crippen molar-refractivity contribution < 1.29 is 23.7 Å². The first kappa shape index (κ1) is 25.7. The summed E-state index contributed by atoms with van der Waals surface area (Å²) in [5.41, 5.74) is 1.04. The molecular formula is C28H34N4O6. The quantitative estimate of drug-likeness (QED) is 0.445. The van der Waals surface area contributed by atoms with E-state index in [0.29, 0.717) is 105 Å². The molecule has 10 nitrogen and oxygen atoms in total. The van der Waals surface area contributed by atoms with Gasteiger partial charge < -0.3 is 28.7 Å². The van der Waals surface area contributed by atoms with Gasteiger partial charge in [0.05, 0.1) is 24.1 Å². The summed E-state index contributed by atoms with van der Waals surface area (Å²) in [5.74, 6) is 2.94. The molecule has 5 rings (SSSR count). The van der Waals surface area contributed by atoms with Gasteiger partial charge in [0.25, 0.3) is 11.5 Å². The van der Waals surface area contributed by atoms with Crippen molar-refractivity contribution in [1.29, 1.82) is 0 Å². The molecule has 0 spiro atoms. The predicted molar refractivity (Wildman–Crippen MR) is 144 cm³/mol. The number of ether oxygens (including phenoxy) is 4. The minimum Gasteiger partial charge on any atom is -0.490 e. The number of amides is 1. The lowest BCUT2D eigenvalue weighted by molar-refractivity contribution is 0.0745. The monoisotopic (exact) mass is 522 g/mol. The number of piperazine rings is 1. The largest absolute Gasteiger partial charge is 0.490 e. The molecule has 0 unspecified atom stereocenters. The Morgan fingerprint density at radius 3 is 2.29 bits per heavy atom. The molecule has 2 aliphatic heterocycles. The molecule has 1 aromatic heterocycles. The Kier molecular flexibility index (Phi) is 7.57. The van der Waals surface area contributed by atoms with Crippen molar-refractivity contribution in [3.05, 3.63) is 46.2 Å². The molecule has 0 N–H and O–H groups in total. The molecule has 38 heavy (non-hydrogen) atoms. The fourth-order valence-electron chi connectivity index (χ4n) is 4.89. The van der Waals surface area contributed by atoms with Gasteiger partial charge in [-0.2, -0.15) is 0 Å². The lowest BCUT2D eigenvalue weighted by Crippen LogP contribution is -2.50. The highest BCUT2D eigenvalue weighted by atomic mass is 16.6. The third-order valence-corrected chi connectivity index (χ3v) is 6.69. The average molecular weight is 523 g/mol. The van der Waals surface area contributed by atoms with Crippen molar-refractivity contribution >= 4 is 22.8 Å². The molecule has 3 heterocycles. The second kappa shape index (κ2) is 11.2. The molecule has 1 saturated heterocycles. The molecule has 3 aromatic rings. The normalized spacial score (nSPS) is 15.0. The molecule has 1 fully saturated rings. The third-order valence-electron chi connectivity index (χ3n) is 6.69. The van der Waals surface area contributed by atoms with Crippen molar-refractivity contribution in [2.75, 3.05) is 57.5 Å². The minimum absolute atomic E-state index is 0.0603. The zero-order valence-electron chi connectivity index (χ0n) is 22.2. The van der Waals surface area contributed by atoms with Crippen LogP contribution in [0.15, 0.2) is 35.1 Å². The van der Waals surface area contributed by atoms with E-state index in [2.05, 4.69) is 4.90 Å². The highest BCUT2D eigenvalue weighted by Crippen LogP contribution is 2.34. The van der Waals surface area contributed by atoms with Crippen molar-refractivity contribution in [2.45, 2.75) is 33.7 Å². The summed E-state index contributed by atoms with van der Waals surface area (Å²) in [6.45, 7) is 10.5. The van der Waals surface area contributed by atoms with Gasteiger partial charge >= 0.3 is 0 Å². The summed E-state index contributed by atoms with van der Waals surface area (Å²) in [6.07, 6.45) is 0.795. The zero-order chi connectivity index (χ0) is 26.6. The highest BCUT2D eigenvalue weighted by Gasteiger charge is 2.27. The van der Waals surface area contributed by atoms with Crippen LogP contribution in [0.4, 0.5) is 5.95 Å². The van der Waals surface area contributed by atoms with Gasteiger partial charge in [-0.05, 0) is 44.5 Å². The van der Waals surface area contributed by atoms with Crippen LogP contribution in [0, 0.1) is 0 Å². The number of hydrogen-bond donors (Lipinski definition) is 0. The number of fused-ring (bicyclic) bond motifs is 2. The number of hydrogen-bond acceptors (Lipinski definition) is 8. The van der Waals surface area contributed by atoms with Crippen LogP contribution in [0.25, 0.3) is 10.9 Å². The molecule has 2 aromatic carbocycles. The Bertz CT molecular complexity index is 1380. The SMILES string of the molecule is CCCn1c(N2CCN(C(=O)c3ccc(OCC)c(OCC)c3)CC2)nc2cc3c(cc2c1=O)OCCO3. The number of aromatic nitrogens is 2. The summed E-state index contributed by atoms with van der Waals surface area (Å²) in [6, 6.07) is 8.83. The molecule has 0 radical (unpaired) electrons. The summed E-state index contributed by atoms with van der Waals surface area (Å²) in [5, 5.41) is 0.515. The summed E-state index contributed by atoms with van der Waals surface area (Å²) in [4.78, 5) is 35.6. The van der Waals surface area contributed by atoms with E-state index in [4.69, 9.17) is 23.9 Å².